The van der Waals surface area contributed by atoms with Crippen molar-refractivity contribution in [3.8, 4) is 0 Å². The molecule has 2 aliphatic heterocycles. The van der Waals surface area contributed by atoms with Crippen molar-refractivity contribution in [3.63, 3.8) is 0 Å². The molecular weight excluding hydrogens is 266 g/mol. The average Bonchev–Trinajstić information content (AvgIpc) is 2.65. The largest absolute Gasteiger partial charge is 0.356 e. The van der Waals surface area contributed by atoms with Gasteiger partial charge in [0.2, 0.25) is 5.91 Å². The number of anilines is 1. The predicted molar refractivity (Wildman–Crippen MR) is 81.2 cm³/mol. The van der Waals surface area contributed by atoms with Gasteiger partial charge in [0.15, 0.2) is 0 Å². The van der Waals surface area contributed by atoms with E-state index in [4.69, 9.17) is 0 Å². The number of rotatable bonds is 1. The first-order chi connectivity index (χ1) is 10.1. The van der Waals surface area contributed by atoms with Crippen LogP contribution in [0.4, 0.5) is 5.82 Å². The first-order valence-electron chi connectivity index (χ1n) is 7.61. The first kappa shape index (κ1) is 14.3. The zero-order valence-corrected chi connectivity index (χ0v) is 12.8. The number of carbonyl (C=O) groups is 1. The second kappa shape index (κ2) is 5.60. The lowest BCUT2D eigenvalue weighted by Gasteiger charge is -2.49. The number of piperazine rings is 1. The van der Waals surface area contributed by atoms with Crippen LogP contribution in [0.25, 0.3) is 0 Å². The van der Waals surface area contributed by atoms with Gasteiger partial charge in [-0.15, -0.1) is 0 Å². The Morgan fingerprint density at radius 2 is 2.14 bits per heavy atom. The van der Waals surface area contributed by atoms with Crippen LogP contribution in [0.15, 0.2) is 12.4 Å². The molecule has 1 atom stereocenters. The molecule has 3 rings (SSSR count). The molecule has 0 aliphatic carbocycles. The summed E-state index contributed by atoms with van der Waals surface area (Å²) in [5.41, 5.74) is 1.06. The number of amides is 1. The summed E-state index contributed by atoms with van der Waals surface area (Å²) in [6, 6.07) is 2.04. The summed E-state index contributed by atoms with van der Waals surface area (Å²) in [5.74, 6) is 1.17. The highest BCUT2D eigenvalue weighted by Gasteiger charge is 2.41. The molecule has 1 N–H and O–H groups in total. The van der Waals surface area contributed by atoms with Crippen LogP contribution in [0.5, 0.6) is 0 Å². The van der Waals surface area contributed by atoms with Crippen molar-refractivity contribution < 1.29 is 4.79 Å². The van der Waals surface area contributed by atoms with E-state index in [9.17, 15) is 4.79 Å². The Bertz CT molecular complexity index is 535. The summed E-state index contributed by atoms with van der Waals surface area (Å²) in [4.78, 5) is 25.0. The maximum atomic E-state index is 11.6. The fourth-order valence-electron chi connectivity index (χ4n) is 3.41. The Kier molecular flexibility index (Phi) is 3.80. The molecule has 6 nitrogen and oxygen atoms in total. The third-order valence-corrected chi connectivity index (χ3v) is 4.84. The minimum atomic E-state index is 0.0657. The van der Waals surface area contributed by atoms with Crippen molar-refractivity contribution >= 4 is 11.7 Å². The van der Waals surface area contributed by atoms with Crippen molar-refractivity contribution in [1.29, 1.82) is 0 Å². The van der Waals surface area contributed by atoms with E-state index in [2.05, 4.69) is 32.1 Å². The number of aromatic nitrogens is 2. The molecule has 1 spiro atoms. The van der Waals surface area contributed by atoms with E-state index in [0.29, 0.717) is 6.42 Å². The minimum absolute atomic E-state index is 0.0657. The number of likely N-dealkylation sites (N-methyl/N-ethyl adjacent to an activating group) is 1. The first-order valence-corrected chi connectivity index (χ1v) is 7.61. The third kappa shape index (κ3) is 2.85. The second-order valence-corrected chi connectivity index (χ2v) is 6.18. The number of nitrogens with zero attached hydrogens (tertiary/aromatic N) is 4. The SMILES string of the molecule is Cc1cc(N2CCN(C)[C@@]3(CCNC(=O)CC3)C2)ncn1. The summed E-state index contributed by atoms with van der Waals surface area (Å²) in [7, 11) is 2.18. The highest BCUT2D eigenvalue weighted by molar-refractivity contribution is 5.76. The molecule has 6 heteroatoms. The van der Waals surface area contributed by atoms with Crippen LogP contribution in [-0.2, 0) is 4.79 Å². The molecule has 3 heterocycles. The molecule has 0 saturated carbocycles. The number of carbonyl (C=O) groups excluding carboxylic acids is 1. The van der Waals surface area contributed by atoms with Gasteiger partial charge in [0.05, 0.1) is 0 Å². The molecule has 21 heavy (non-hydrogen) atoms. The summed E-state index contributed by atoms with van der Waals surface area (Å²) in [6.07, 6.45) is 4.15. The second-order valence-electron chi connectivity index (χ2n) is 6.18. The van der Waals surface area contributed by atoms with E-state index in [-0.39, 0.29) is 11.4 Å². The lowest BCUT2D eigenvalue weighted by molar-refractivity contribution is -0.120. The van der Waals surface area contributed by atoms with Crippen LogP contribution < -0.4 is 10.2 Å². The molecular formula is C15H23N5O. The molecule has 1 aromatic heterocycles. The summed E-state index contributed by atoms with van der Waals surface area (Å²) < 4.78 is 0. The van der Waals surface area contributed by atoms with E-state index in [0.717, 1.165) is 50.5 Å². The lowest BCUT2D eigenvalue weighted by Crippen LogP contribution is -2.61. The molecule has 2 aliphatic rings. The van der Waals surface area contributed by atoms with Crippen LogP contribution in [0.2, 0.25) is 0 Å². The summed E-state index contributed by atoms with van der Waals surface area (Å²) >= 11 is 0. The highest BCUT2D eigenvalue weighted by atomic mass is 16.1. The monoisotopic (exact) mass is 289 g/mol. The molecule has 1 amide bonds. The summed E-state index contributed by atoms with van der Waals surface area (Å²) in [5, 5.41) is 2.99. The highest BCUT2D eigenvalue weighted by Crippen LogP contribution is 2.31. The average molecular weight is 289 g/mol. The Labute approximate surface area is 125 Å². The third-order valence-electron chi connectivity index (χ3n) is 4.84. The zero-order valence-electron chi connectivity index (χ0n) is 12.8. The number of hydrogen-bond donors (Lipinski definition) is 1. The van der Waals surface area contributed by atoms with Crippen LogP contribution in [0.3, 0.4) is 0 Å². The quantitative estimate of drug-likeness (QED) is 0.819. The molecule has 0 radical (unpaired) electrons. The van der Waals surface area contributed by atoms with Gasteiger partial charge in [-0.05, 0) is 26.8 Å². The van der Waals surface area contributed by atoms with Crippen molar-refractivity contribution in [2.45, 2.75) is 31.7 Å². The maximum Gasteiger partial charge on any atom is 0.220 e. The van der Waals surface area contributed by atoms with Crippen LogP contribution >= 0.6 is 0 Å². The fourth-order valence-corrected chi connectivity index (χ4v) is 3.41. The van der Waals surface area contributed by atoms with Crippen molar-refractivity contribution in [3.05, 3.63) is 18.1 Å². The number of aryl methyl sites for hydroxylation is 1. The van der Waals surface area contributed by atoms with Gasteiger partial charge >= 0.3 is 0 Å². The Balaban J connectivity index is 1.82. The van der Waals surface area contributed by atoms with Gasteiger partial charge < -0.3 is 10.2 Å². The van der Waals surface area contributed by atoms with Crippen LogP contribution in [-0.4, -0.2) is 59.5 Å². The van der Waals surface area contributed by atoms with Crippen molar-refractivity contribution in [1.82, 2.24) is 20.2 Å². The zero-order chi connectivity index (χ0) is 14.9. The number of nitrogens with one attached hydrogen (secondary N) is 1. The Morgan fingerprint density at radius 1 is 1.29 bits per heavy atom. The van der Waals surface area contributed by atoms with Crippen molar-refractivity contribution in [2.75, 3.05) is 38.1 Å². The molecule has 2 fully saturated rings. The molecule has 0 bridgehead atoms. The van der Waals surface area contributed by atoms with E-state index in [1.54, 1.807) is 6.33 Å². The molecule has 2 saturated heterocycles. The fraction of sp³-hybridized carbons (Fsp3) is 0.667. The van der Waals surface area contributed by atoms with Crippen LogP contribution in [0, 0.1) is 6.92 Å². The van der Waals surface area contributed by atoms with Gasteiger partial charge in [-0.3, -0.25) is 9.69 Å². The topological polar surface area (TPSA) is 61.4 Å². The van der Waals surface area contributed by atoms with E-state index >= 15 is 0 Å². The molecule has 114 valence electrons. The minimum Gasteiger partial charge on any atom is -0.356 e. The summed E-state index contributed by atoms with van der Waals surface area (Å²) in [6.45, 7) is 5.65. The lowest BCUT2D eigenvalue weighted by atomic mass is 9.86. The molecule has 1 aromatic rings. The Morgan fingerprint density at radius 3 is 2.95 bits per heavy atom. The van der Waals surface area contributed by atoms with Gasteiger partial charge in [0.1, 0.15) is 12.1 Å². The Hall–Kier alpha value is -1.69. The van der Waals surface area contributed by atoms with E-state index in [1.807, 2.05) is 13.0 Å². The standard InChI is InChI=1S/C15H23N5O/c1-12-9-13(18-11-17-12)20-8-7-19(2)15(10-20)4-3-14(21)16-6-5-15/h9,11H,3-8,10H2,1-2H3,(H,16,21)/t15-/m0/s1. The van der Waals surface area contributed by atoms with E-state index in [1.165, 1.54) is 0 Å². The van der Waals surface area contributed by atoms with Crippen LogP contribution in [0.1, 0.15) is 25.0 Å². The maximum absolute atomic E-state index is 11.6. The van der Waals surface area contributed by atoms with Gasteiger partial charge in [-0.1, -0.05) is 0 Å². The number of hydrogen-bond acceptors (Lipinski definition) is 5. The normalized spacial score (nSPS) is 27.5. The molecule has 0 aromatic carbocycles. The smallest absolute Gasteiger partial charge is 0.220 e. The van der Waals surface area contributed by atoms with E-state index < -0.39 is 0 Å². The van der Waals surface area contributed by atoms with Gasteiger partial charge in [0, 0.05) is 49.9 Å². The van der Waals surface area contributed by atoms with Gasteiger partial charge in [0.25, 0.3) is 0 Å². The van der Waals surface area contributed by atoms with Crippen molar-refractivity contribution in [2.24, 2.45) is 0 Å². The predicted octanol–water partition coefficient (Wildman–Crippen LogP) is 0.576. The van der Waals surface area contributed by atoms with Gasteiger partial charge in [-0.2, -0.15) is 0 Å². The molecule has 0 unspecified atom stereocenters. The van der Waals surface area contributed by atoms with Gasteiger partial charge in [-0.25, -0.2) is 9.97 Å².